The Labute approximate surface area is 216 Å². The molecule has 1 aliphatic heterocycles. The molecule has 2 heterocycles. The number of carbonyl (C=O) groups is 1. The van der Waals surface area contributed by atoms with Gasteiger partial charge in [0.1, 0.15) is 17.1 Å². The smallest absolute Gasteiger partial charge is 0.341 e. The summed E-state index contributed by atoms with van der Waals surface area (Å²) in [5.74, 6) is -3.24. The maximum Gasteiger partial charge on any atom is 0.341 e. The van der Waals surface area contributed by atoms with Crippen LogP contribution in [0.3, 0.4) is 0 Å². The van der Waals surface area contributed by atoms with Crippen LogP contribution in [-0.4, -0.2) is 64.1 Å². The monoisotopic (exact) mass is 528 g/mol. The normalized spacial score (nSPS) is 14.7. The number of aryl methyl sites for hydroxylation is 1. The van der Waals surface area contributed by atoms with E-state index < -0.39 is 28.6 Å². The van der Waals surface area contributed by atoms with Crippen LogP contribution in [0.2, 0.25) is 0 Å². The summed E-state index contributed by atoms with van der Waals surface area (Å²) < 4.78 is 32.2. The number of aromatic nitrogens is 1. The van der Waals surface area contributed by atoms with E-state index in [1.165, 1.54) is 4.57 Å². The fourth-order valence-electron chi connectivity index (χ4n) is 4.45. The number of benzene rings is 2. The number of hydrogen-bond acceptors (Lipinski definition) is 6. The first-order valence-corrected chi connectivity index (χ1v) is 12.0. The van der Waals surface area contributed by atoms with Gasteiger partial charge in [0, 0.05) is 45.5 Å². The van der Waals surface area contributed by atoms with Gasteiger partial charge in [-0.25, -0.2) is 13.6 Å². The number of thiocarbonyl (C=S) groups is 1. The molecule has 0 radical (unpaired) electrons. The Morgan fingerprint density at radius 2 is 1.86 bits per heavy atom. The van der Waals surface area contributed by atoms with Crippen LogP contribution < -0.4 is 21.5 Å². The van der Waals surface area contributed by atoms with Gasteiger partial charge in [0.25, 0.3) is 0 Å². The second-order valence-electron chi connectivity index (χ2n) is 8.54. The number of halogens is 2. The lowest BCUT2D eigenvalue weighted by Crippen LogP contribution is -2.48. The Balaban J connectivity index is 1.60. The molecule has 1 aliphatic rings. The molecule has 194 valence electrons. The second-order valence-corrected chi connectivity index (χ2v) is 8.98. The number of rotatable bonds is 7. The Bertz CT molecular complexity index is 1440. The number of fused-ring (bicyclic) bond motifs is 1. The van der Waals surface area contributed by atoms with E-state index >= 15 is 8.78 Å². The van der Waals surface area contributed by atoms with Crippen molar-refractivity contribution in [3.05, 3.63) is 75.6 Å². The Hall–Kier alpha value is -3.90. The maximum absolute atomic E-state index is 15.7. The van der Waals surface area contributed by atoms with Crippen LogP contribution in [0.25, 0.3) is 10.9 Å². The summed E-state index contributed by atoms with van der Waals surface area (Å²) in [6.07, 6.45) is 1.10. The van der Waals surface area contributed by atoms with Crippen LogP contribution in [0.1, 0.15) is 22.8 Å². The third kappa shape index (κ3) is 5.44. The van der Waals surface area contributed by atoms with Gasteiger partial charge in [0.15, 0.2) is 10.9 Å². The van der Waals surface area contributed by atoms with Gasteiger partial charge in [-0.3, -0.25) is 15.1 Å². The summed E-state index contributed by atoms with van der Waals surface area (Å²) in [6, 6.07) is 10.4. The van der Waals surface area contributed by atoms with E-state index in [1.807, 2.05) is 30.3 Å². The average molecular weight is 529 g/mol. The molecule has 1 fully saturated rings. The van der Waals surface area contributed by atoms with Gasteiger partial charge in [-0.1, -0.05) is 30.3 Å². The summed E-state index contributed by atoms with van der Waals surface area (Å²) in [5, 5.41) is 13.4. The van der Waals surface area contributed by atoms with Crippen molar-refractivity contribution < 1.29 is 18.7 Å². The molecule has 0 bridgehead atoms. The second kappa shape index (κ2) is 11.0. The number of pyridine rings is 1. The number of carboxylic acid groups (broad SMARTS) is 1. The zero-order valence-electron chi connectivity index (χ0n) is 20.1. The quantitative estimate of drug-likeness (QED) is 0.243. The van der Waals surface area contributed by atoms with Crippen molar-refractivity contribution in [2.75, 3.05) is 37.6 Å². The minimum atomic E-state index is -1.45. The van der Waals surface area contributed by atoms with Crippen molar-refractivity contribution in [1.82, 2.24) is 14.9 Å². The highest BCUT2D eigenvalue weighted by Crippen LogP contribution is 2.31. The Morgan fingerprint density at radius 1 is 1.19 bits per heavy atom. The fourth-order valence-corrected chi connectivity index (χ4v) is 4.50. The lowest BCUT2D eigenvalue weighted by Gasteiger charge is -2.36. The number of nitrogens with two attached hydrogens (primary N) is 1. The van der Waals surface area contributed by atoms with Crippen molar-refractivity contribution in [3.63, 3.8) is 0 Å². The highest BCUT2D eigenvalue weighted by molar-refractivity contribution is 7.80. The topological polar surface area (TPSA) is 116 Å². The first kappa shape index (κ1) is 26.2. The predicted molar refractivity (Wildman–Crippen MR) is 142 cm³/mol. The predicted octanol–water partition coefficient (Wildman–Crippen LogP) is 2.36. The highest BCUT2D eigenvalue weighted by Gasteiger charge is 2.27. The van der Waals surface area contributed by atoms with Gasteiger partial charge in [-0.15, -0.1) is 0 Å². The number of anilines is 1. The van der Waals surface area contributed by atoms with Crippen LogP contribution in [0.15, 0.2) is 52.5 Å². The summed E-state index contributed by atoms with van der Waals surface area (Å²) in [5.41, 5.74) is 7.96. The number of aromatic carboxylic acids is 1. The SMILES string of the molecule is CCn1cc(C(=O)O)c(=O)c2cc(F)c(N3CCN(C/C(=N/NC(N)=S)c4ccccc4)CC3)c(F)c21. The van der Waals surface area contributed by atoms with Gasteiger partial charge in [0.2, 0.25) is 5.43 Å². The zero-order valence-corrected chi connectivity index (χ0v) is 20.9. The van der Waals surface area contributed by atoms with Crippen molar-refractivity contribution in [3.8, 4) is 0 Å². The molecule has 37 heavy (non-hydrogen) atoms. The molecule has 1 aromatic heterocycles. The van der Waals surface area contributed by atoms with Crippen LogP contribution in [0.5, 0.6) is 0 Å². The molecular formula is C25H26F2N6O3S. The van der Waals surface area contributed by atoms with Crippen LogP contribution in [0, 0.1) is 11.6 Å². The molecule has 4 rings (SSSR count). The molecule has 0 spiro atoms. The van der Waals surface area contributed by atoms with Crippen molar-refractivity contribution >= 4 is 45.6 Å². The summed E-state index contributed by atoms with van der Waals surface area (Å²) >= 11 is 4.86. The van der Waals surface area contributed by atoms with E-state index in [-0.39, 0.29) is 28.2 Å². The van der Waals surface area contributed by atoms with Crippen molar-refractivity contribution in [1.29, 1.82) is 0 Å². The van der Waals surface area contributed by atoms with Crippen LogP contribution in [-0.2, 0) is 6.54 Å². The molecule has 4 N–H and O–H groups in total. The van der Waals surface area contributed by atoms with E-state index in [0.717, 1.165) is 17.8 Å². The Morgan fingerprint density at radius 3 is 2.46 bits per heavy atom. The molecule has 0 atom stereocenters. The van der Waals surface area contributed by atoms with E-state index in [4.69, 9.17) is 18.0 Å². The number of carboxylic acids is 1. The largest absolute Gasteiger partial charge is 0.477 e. The summed E-state index contributed by atoms with van der Waals surface area (Å²) in [6.45, 7) is 4.00. The number of piperazine rings is 1. The van der Waals surface area contributed by atoms with Gasteiger partial charge in [-0.2, -0.15) is 5.10 Å². The molecule has 12 heteroatoms. The first-order chi connectivity index (χ1) is 17.7. The summed E-state index contributed by atoms with van der Waals surface area (Å²) in [7, 11) is 0. The number of hydrazone groups is 1. The minimum Gasteiger partial charge on any atom is -0.477 e. The number of hydrogen-bond donors (Lipinski definition) is 3. The molecule has 2 aromatic carbocycles. The Kier molecular flexibility index (Phi) is 7.79. The molecule has 3 aromatic rings. The van der Waals surface area contributed by atoms with E-state index in [9.17, 15) is 14.7 Å². The first-order valence-electron chi connectivity index (χ1n) is 11.6. The molecule has 0 aliphatic carbocycles. The molecule has 0 unspecified atom stereocenters. The van der Waals surface area contributed by atoms with Gasteiger partial charge in [0.05, 0.1) is 16.6 Å². The third-order valence-electron chi connectivity index (χ3n) is 6.27. The van der Waals surface area contributed by atoms with Crippen molar-refractivity contribution in [2.24, 2.45) is 10.8 Å². The van der Waals surface area contributed by atoms with Crippen LogP contribution >= 0.6 is 12.2 Å². The minimum absolute atomic E-state index is 0.0431. The maximum atomic E-state index is 15.7. The fraction of sp³-hybridized carbons (Fsp3) is 0.280. The molecule has 1 saturated heterocycles. The van der Waals surface area contributed by atoms with Crippen LogP contribution in [0.4, 0.5) is 14.5 Å². The molecule has 0 saturated carbocycles. The third-order valence-corrected chi connectivity index (χ3v) is 6.36. The highest BCUT2D eigenvalue weighted by atomic mass is 32.1. The van der Waals surface area contributed by atoms with Gasteiger partial charge in [-0.05, 0) is 30.8 Å². The van der Waals surface area contributed by atoms with Gasteiger partial charge < -0.3 is 20.3 Å². The van der Waals surface area contributed by atoms with Gasteiger partial charge >= 0.3 is 5.97 Å². The lowest BCUT2D eigenvalue weighted by atomic mass is 10.1. The number of nitrogens with one attached hydrogen (secondary N) is 1. The zero-order chi connectivity index (χ0) is 26.7. The molecule has 0 amide bonds. The van der Waals surface area contributed by atoms with E-state index in [2.05, 4.69) is 15.4 Å². The summed E-state index contributed by atoms with van der Waals surface area (Å²) in [4.78, 5) is 27.8. The standard InChI is InChI=1S/C25H26F2N6O3S/c1-2-32-13-17(24(35)36)23(34)16-12-18(26)22(20(27)21(16)32)33-10-8-31(9-11-33)14-19(29-30-25(28)37)15-6-4-3-5-7-15/h3-7,12-13H,2,8-11,14H2,1H3,(H,35,36)(H3,28,30,37)/b29-19-. The molecule has 9 nitrogen and oxygen atoms in total. The number of nitrogens with zero attached hydrogens (tertiary/aromatic N) is 4. The van der Waals surface area contributed by atoms with E-state index in [1.54, 1.807) is 11.8 Å². The molecular weight excluding hydrogens is 502 g/mol. The van der Waals surface area contributed by atoms with E-state index in [0.29, 0.717) is 38.4 Å². The lowest BCUT2D eigenvalue weighted by molar-refractivity contribution is 0.0694. The van der Waals surface area contributed by atoms with Crippen molar-refractivity contribution in [2.45, 2.75) is 13.5 Å². The average Bonchev–Trinajstić information content (AvgIpc) is 2.88.